The summed E-state index contributed by atoms with van der Waals surface area (Å²) in [5.74, 6) is 1.09. The van der Waals surface area contributed by atoms with Gasteiger partial charge in [-0.3, -0.25) is 14.5 Å². The van der Waals surface area contributed by atoms with Crippen molar-refractivity contribution in [2.75, 3.05) is 25.8 Å². The maximum Gasteiger partial charge on any atom is 0.278 e. The van der Waals surface area contributed by atoms with Crippen molar-refractivity contribution >= 4 is 23.1 Å². The SMILES string of the molecule is C=CCN1C(=O)C(Nc2ccc3c(c2)OCO3)=C(c2ccc(OC)cc2)C1=O. The van der Waals surface area contributed by atoms with Gasteiger partial charge in [0.25, 0.3) is 11.8 Å². The van der Waals surface area contributed by atoms with Crippen molar-refractivity contribution in [3.63, 3.8) is 0 Å². The van der Waals surface area contributed by atoms with Crippen LogP contribution in [0.3, 0.4) is 0 Å². The van der Waals surface area contributed by atoms with Crippen LogP contribution < -0.4 is 19.5 Å². The van der Waals surface area contributed by atoms with E-state index in [0.29, 0.717) is 34.1 Å². The lowest BCUT2D eigenvalue weighted by Crippen LogP contribution is -2.32. The number of nitrogens with one attached hydrogen (secondary N) is 1. The lowest BCUT2D eigenvalue weighted by molar-refractivity contribution is -0.136. The second kappa shape index (κ2) is 7.11. The lowest BCUT2D eigenvalue weighted by atomic mass is 10.0. The van der Waals surface area contributed by atoms with Crippen LogP contribution in [0, 0.1) is 0 Å². The molecule has 2 aliphatic rings. The van der Waals surface area contributed by atoms with Gasteiger partial charge in [0, 0.05) is 18.3 Å². The molecular weight excluding hydrogens is 360 g/mol. The minimum absolute atomic E-state index is 0.129. The van der Waals surface area contributed by atoms with E-state index in [-0.39, 0.29) is 24.9 Å². The molecule has 0 radical (unpaired) electrons. The molecule has 0 aliphatic carbocycles. The Hall–Kier alpha value is -3.74. The van der Waals surface area contributed by atoms with Crippen LogP contribution in [0.2, 0.25) is 0 Å². The quantitative estimate of drug-likeness (QED) is 0.615. The Bertz CT molecular complexity index is 994. The summed E-state index contributed by atoms with van der Waals surface area (Å²) < 4.78 is 15.9. The molecule has 0 bridgehead atoms. The highest BCUT2D eigenvalue weighted by Gasteiger charge is 2.38. The Kier molecular flexibility index (Phi) is 4.49. The topological polar surface area (TPSA) is 77.1 Å². The molecule has 0 saturated carbocycles. The first-order chi connectivity index (χ1) is 13.6. The molecule has 142 valence electrons. The molecule has 2 aromatic carbocycles. The van der Waals surface area contributed by atoms with Gasteiger partial charge >= 0.3 is 0 Å². The van der Waals surface area contributed by atoms with E-state index >= 15 is 0 Å². The van der Waals surface area contributed by atoms with E-state index in [1.165, 1.54) is 6.08 Å². The number of nitrogens with zero attached hydrogens (tertiary/aromatic N) is 1. The fourth-order valence-electron chi connectivity index (χ4n) is 3.13. The highest BCUT2D eigenvalue weighted by atomic mass is 16.7. The maximum absolute atomic E-state index is 12.9. The molecule has 1 N–H and O–H groups in total. The van der Waals surface area contributed by atoms with E-state index in [9.17, 15) is 9.59 Å². The number of imide groups is 1. The first kappa shape index (κ1) is 17.7. The number of hydrogen-bond donors (Lipinski definition) is 1. The summed E-state index contributed by atoms with van der Waals surface area (Å²) in [6, 6.07) is 12.2. The number of benzene rings is 2. The van der Waals surface area contributed by atoms with Crippen molar-refractivity contribution in [3.05, 3.63) is 66.4 Å². The third kappa shape index (κ3) is 2.96. The van der Waals surface area contributed by atoms with Crippen molar-refractivity contribution in [2.45, 2.75) is 0 Å². The first-order valence-electron chi connectivity index (χ1n) is 8.65. The third-order valence-electron chi connectivity index (χ3n) is 4.50. The molecule has 2 aliphatic heterocycles. The Morgan fingerprint density at radius 1 is 1.11 bits per heavy atom. The standard InChI is InChI=1S/C21H18N2O5/c1-3-10-23-20(24)18(13-4-7-15(26-2)8-5-13)19(21(23)25)22-14-6-9-16-17(11-14)28-12-27-16/h3-9,11,22H,1,10,12H2,2H3. The fraction of sp³-hybridized carbons (Fsp3) is 0.143. The number of fused-ring (bicyclic) bond motifs is 1. The molecule has 28 heavy (non-hydrogen) atoms. The van der Waals surface area contributed by atoms with Crippen LogP contribution in [0.5, 0.6) is 17.2 Å². The van der Waals surface area contributed by atoms with Gasteiger partial charge in [0.1, 0.15) is 11.4 Å². The normalized spacial score (nSPS) is 15.2. The van der Waals surface area contributed by atoms with E-state index in [4.69, 9.17) is 14.2 Å². The number of rotatable bonds is 6. The van der Waals surface area contributed by atoms with E-state index in [1.807, 2.05) is 0 Å². The van der Waals surface area contributed by atoms with Gasteiger partial charge in [-0.05, 0) is 29.8 Å². The summed E-state index contributed by atoms with van der Waals surface area (Å²) in [6.45, 7) is 3.91. The summed E-state index contributed by atoms with van der Waals surface area (Å²) in [4.78, 5) is 27.0. The molecule has 7 nitrogen and oxygen atoms in total. The first-order valence-corrected chi connectivity index (χ1v) is 8.65. The van der Waals surface area contributed by atoms with Crippen LogP contribution in [0.4, 0.5) is 5.69 Å². The van der Waals surface area contributed by atoms with Crippen LogP contribution in [-0.4, -0.2) is 37.2 Å². The molecule has 0 fully saturated rings. The summed E-state index contributed by atoms with van der Waals surface area (Å²) in [5.41, 5.74) is 1.74. The van der Waals surface area contributed by atoms with E-state index in [0.717, 1.165) is 4.90 Å². The van der Waals surface area contributed by atoms with Gasteiger partial charge in [-0.1, -0.05) is 18.2 Å². The number of methoxy groups -OCH3 is 1. The number of ether oxygens (including phenoxy) is 3. The zero-order chi connectivity index (χ0) is 19.7. The maximum atomic E-state index is 12.9. The summed E-state index contributed by atoms with van der Waals surface area (Å²) >= 11 is 0. The minimum atomic E-state index is -0.409. The molecule has 4 rings (SSSR count). The Labute approximate surface area is 161 Å². The second-order valence-corrected chi connectivity index (χ2v) is 6.18. The van der Waals surface area contributed by atoms with Gasteiger partial charge in [0.05, 0.1) is 12.7 Å². The summed E-state index contributed by atoms with van der Waals surface area (Å²) in [7, 11) is 1.57. The lowest BCUT2D eigenvalue weighted by Gasteiger charge is -2.12. The molecular formula is C21H18N2O5. The number of carbonyl (C=O) groups is 2. The third-order valence-corrected chi connectivity index (χ3v) is 4.50. The van der Waals surface area contributed by atoms with Gasteiger partial charge < -0.3 is 19.5 Å². The summed E-state index contributed by atoms with van der Waals surface area (Å²) in [6.07, 6.45) is 1.52. The predicted octanol–water partition coefficient (Wildman–Crippen LogP) is 2.80. The minimum Gasteiger partial charge on any atom is -0.497 e. The fourth-order valence-corrected chi connectivity index (χ4v) is 3.13. The van der Waals surface area contributed by atoms with Crippen molar-refractivity contribution < 1.29 is 23.8 Å². The number of hydrogen-bond acceptors (Lipinski definition) is 6. The van der Waals surface area contributed by atoms with Crippen LogP contribution >= 0.6 is 0 Å². The van der Waals surface area contributed by atoms with E-state index in [1.54, 1.807) is 49.6 Å². The van der Waals surface area contributed by atoms with Gasteiger partial charge in [-0.15, -0.1) is 6.58 Å². The van der Waals surface area contributed by atoms with Crippen LogP contribution in [0.1, 0.15) is 5.56 Å². The van der Waals surface area contributed by atoms with Crippen molar-refractivity contribution in [2.24, 2.45) is 0 Å². The molecule has 0 spiro atoms. The van der Waals surface area contributed by atoms with E-state index < -0.39 is 5.91 Å². The molecule has 0 saturated heterocycles. The van der Waals surface area contributed by atoms with E-state index in [2.05, 4.69) is 11.9 Å². The van der Waals surface area contributed by atoms with Gasteiger partial charge in [0.2, 0.25) is 6.79 Å². The van der Waals surface area contributed by atoms with Crippen LogP contribution in [-0.2, 0) is 9.59 Å². The molecule has 0 aromatic heterocycles. The van der Waals surface area contributed by atoms with Crippen molar-refractivity contribution in [1.82, 2.24) is 4.90 Å². The number of carbonyl (C=O) groups excluding carboxylic acids is 2. The Balaban J connectivity index is 1.75. The predicted molar refractivity (Wildman–Crippen MR) is 103 cm³/mol. The van der Waals surface area contributed by atoms with Gasteiger partial charge in [-0.2, -0.15) is 0 Å². The molecule has 2 amide bonds. The van der Waals surface area contributed by atoms with Crippen molar-refractivity contribution in [1.29, 1.82) is 0 Å². The monoisotopic (exact) mass is 378 g/mol. The number of anilines is 1. The zero-order valence-electron chi connectivity index (χ0n) is 15.2. The van der Waals surface area contributed by atoms with Gasteiger partial charge in [-0.25, -0.2) is 0 Å². The average molecular weight is 378 g/mol. The van der Waals surface area contributed by atoms with Crippen LogP contribution in [0.25, 0.3) is 5.57 Å². The molecule has 2 aromatic rings. The highest BCUT2D eigenvalue weighted by Crippen LogP contribution is 2.36. The smallest absolute Gasteiger partial charge is 0.278 e. The second-order valence-electron chi connectivity index (χ2n) is 6.18. The number of amides is 2. The Morgan fingerprint density at radius 3 is 2.57 bits per heavy atom. The summed E-state index contributed by atoms with van der Waals surface area (Å²) in [5, 5.41) is 3.08. The largest absolute Gasteiger partial charge is 0.497 e. The van der Waals surface area contributed by atoms with Crippen molar-refractivity contribution in [3.8, 4) is 17.2 Å². The van der Waals surface area contributed by atoms with Gasteiger partial charge in [0.15, 0.2) is 11.5 Å². The average Bonchev–Trinajstić information content (AvgIpc) is 3.27. The molecule has 7 heteroatoms. The molecule has 2 heterocycles. The Morgan fingerprint density at radius 2 is 1.86 bits per heavy atom. The highest BCUT2D eigenvalue weighted by molar-refractivity contribution is 6.36. The molecule has 0 atom stereocenters. The molecule has 0 unspecified atom stereocenters. The van der Waals surface area contributed by atoms with Crippen LogP contribution in [0.15, 0.2) is 60.8 Å². The zero-order valence-corrected chi connectivity index (χ0v) is 15.2.